The Morgan fingerprint density at radius 3 is 2.62 bits per heavy atom. The van der Waals surface area contributed by atoms with Crippen molar-refractivity contribution < 1.29 is 0 Å². The quantitative estimate of drug-likeness (QED) is 0.622. The second kappa shape index (κ2) is 3.42. The summed E-state index contributed by atoms with van der Waals surface area (Å²) in [4.78, 5) is 5.11. The van der Waals surface area contributed by atoms with E-state index in [1.165, 1.54) is 11.3 Å². The molecule has 0 aliphatic heterocycles. The van der Waals surface area contributed by atoms with Gasteiger partial charge in [-0.15, -0.1) is 17.8 Å². The highest BCUT2D eigenvalue weighted by molar-refractivity contribution is 7.15. The van der Waals surface area contributed by atoms with Crippen LogP contribution in [-0.2, 0) is 0 Å². The number of benzene rings is 1. The zero-order chi connectivity index (χ0) is 9.10. The van der Waals surface area contributed by atoms with Crippen LogP contribution >= 0.6 is 11.3 Å². The molecular formula is C11H7NS. The van der Waals surface area contributed by atoms with Gasteiger partial charge in [0, 0.05) is 5.56 Å². The van der Waals surface area contributed by atoms with Crippen molar-refractivity contribution in [1.29, 1.82) is 0 Å². The monoisotopic (exact) mass is 185 g/mol. The van der Waals surface area contributed by atoms with Crippen LogP contribution in [0.15, 0.2) is 36.5 Å². The third-order valence-electron chi connectivity index (χ3n) is 1.67. The summed E-state index contributed by atoms with van der Waals surface area (Å²) in [5.74, 6) is 2.57. The summed E-state index contributed by atoms with van der Waals surface area (Å²) >= 11 is 1.54. The van der Waals surface area contributed by atoms with Gasteiger partial charge in [0.2, 0.25) is 0 Å². The summed E-state index contributed by atoms with van der Waals surface area (Å²) in [6, 6.07) is 10.0. The molecule has 1 aromatic heterocycles. The molecule has 0 bridgehead atoms. The van der Waals surface area contributed by atoms with E-state index in [1.807, 2.05) is 30.3 Å². The topological polar surface area (TPSA) is 12.9 Å². The van der Waals surface area contributed by atoms with Crippen LogP contribution in [-0.4, -0.2) is 4.98 Å². The first-order valence-electron chi connectivity index (χ1n) is 3.88. The van der Waals surface area contributed by atoms with Gasteiger partial charge in [-0.1, -0.05) is 36.3 Å². The minimum absolute atomic E-state index is 0.874. The number of rotatable bonds is 1. The maximum Gasteiger partial charge on any atom is 0.124 e. The first kappa shape index (κ1) is 8.03. The number of aromatic nitrogens is 1. The summed E-state index contributed by atoms with van der Waals surface area (Å²) in [6.45, 7) is 0. The van der Waals surface area contributed by atoms with Gasteiger partial charge in [0.1, 0.15) is 5.01 Å². The summed E-state index contributed by atoms with van der Waals surface area (Å²) in [6.07, 6.45) is 6.99. The second-order valence-electron chi connectivity index (χ2n) is 2.54. The minimum Gasteiger partial charge on any atom is -0.243 e. The van der Waals surface area contributed by atoms with Crippen LogP contribution < -0.4 is 0 Å². The number of terminal acetylenes is 1. The molecule has 0 aliphatic carbocycles. The summed E-state index contributed by atoms with van der Waals surface area (Å²) < 4.78 is 0. The number of thiazole rings is 1. The van der Waals surface area contributed by atoms with E-state index in [-0.39, 0.29) is 0 Å². The van der Waals surface area contributed by atoms with Gasteiger partial charge in [-0.05, 0) is 0 Å². The van der Waals surface area contributed by atoms with Crippen LogP contribution in [0, 0.1) is 12.3 Å². The number of hydrogen-bond donors (Lipinski definition) is 0. The first-order valence-corrected chi connectivity index (χ1v) is 4.69. The highest BCUT2D eigenvalue weighted by Gasteiger charge is 2.01. The molecule has 0 N–H and O–H groups in total. The Hall–Kier alpha value is -1.59. The molecule has 62 valence electrons. The van der Waals surface area contributed by atoms with Crippen molar-refractivity contribution in [3.8, 4) is 22.9 Å². The zero-order valence-electron chi connectivity index (χ0n) is 6.90. The highest BCUT2D eigenvalue weighted by atomic mass is 32.1. The van der Waals surface area contributed by atoms with Gasteiger partial charge in [0.15, 0.2) is 0 Å². The molecule has 0 aliphatic rings. The van der Waals surface area contributed by atoms with Crippen molar-refractivity contribution in [1.82, 2.24) is 4.98 Å². The van der Waals surface area contributed by atoms with Crippen LogP contribution in [0.25, 0.3) is 10.6 Å². The standard InChI is InChI=1S/C11H7NS/c1-2-10-8-12-11(13-10)9-6-4-3-5-7-9/h1,3-8H. The fourth-order valence-electron chi connectivity index (χ4n) is 1.06. The van der Waals surface area contributed by atoms with Crippen LogP contribution in [0.4, 0.5) is 0 Å². The van der Waals surface area contributed by atoms with E-state index in [9.17, 15) is 0 Å². The SMILES string of the molecule is C#Cc1cnc(-c2ccccc2)s1. The van der Waals surface area contributed by atoms with E-state index in [1.54, 1.807) is 6.20 Å². The lowest BCUT2D eigenvalue weighted by Gasteiger charge is -1.92. The van der Waals surface area contributed by atoms with E-state index in [0.29, 0.717) is 0 Å². The zero-order valence-corrected chi connectivity index (χ0v) is 7.71. The molecule has 1 heterocycles. The minimum atomic E-state index is 0.874. The number of nitrogens with zero attached hydrogens (tertiary/aromatic N) is 1. The molecule has 13 heavy (non-hydrogen) atoms. The van der Waals surface area contributed by atoms with Crippen molar-refractivity contribution in [2.45, 2.75) is 0 Å². The molecule has 0 spiro atoms. The third kappa shape index (κ3) is 1.61. The molecule has 0 atom stereocenters. The largest absolute Gasteiger partial charge is 0.243 e. The van der Waals surface area contributed by atoms with Crippen molar-refractivity contribution in [2.75, 3.05) is 0 Å². The van der Waals surface area contributed by atoms with E-state index < -0.39 is 0 Å². The Kier molecular flexibility index (Phi) is 2.11. The molecule has 2 heteroatoms. The molecule has 1 nitrogen and oxygen atoms in total. The summed E-state index contributed by atoms with van der Waals surface area (Å²) in [7, 11) is 0. The van der Waals surface area contributed by atoms with Crippen molar-refractivity contribution in [3.63, 3.8) is 0 Å². The molecule has 0 saturated carbocycles. The molecule has 0 fully saturated rings. The molecule has 0 amide bonds. The van der Waals surface area contributed by atoms with E-state index >= 15 is 0 Å². The van der Waals surface area contributed by atoms with Crippen molar-refractivity contribution >= 4 is 11.3 Å². The second-order valence-corrected chi connectivity index (χ2v) is 3.57. The molecule has 2 aromatic rings. The van der Waals surface area contributed by atoms with Gasteiger partial charge in [-0.2, -0.15) is 0 Å². The third-order valence-corrected chi connectivity index (χ3v) is 2.65. The Morgan fingerprint density at radius 2 is 2.00 bits per heavy atom. The van der Waals surface area contributed by atoms with Crippen LogP contribution in [0.1, 0.15) is 4.88 Å². The fraction of sp³-hybridized carbons (Fsp3) is 0. The number of hydrogen-bond acceptors (Lipinski definition) is 2. The molecular weight excluding hydrogens is 178 g/mol. The normalized spacial score (nSPS) is 9.46. The average Bonchev–Trinajstić information content (AvgIpc) is 2.67. The predicted molar refractivity (Wildman–Crippen MR) is 55.5 cm³/mol. The maximum absolute atomic E-state index is 5.26. The van der Waals surface area contributed by atoms with E-state index in [4.69, 9.17) is 6.42 Å². The Labute approximate surface area is 81.1 Å². The first-order chi connectivity index (χ1) is 6.40. The molecule has 0 saturated heterocycles. The van der Waals surface area contributed by atoms with Crippen LogP contribution in [0.5, 0.6) is 0 Å². The lowest BCUT2D eigenvalue weighted by molar-refractivity contribution is 1.41. The van der Waals surface area contributed by atoms with Gasteiger partial charge in [-0.25, -0.2) is 4.98 Å². The summed E-state index contributed by atoms with van der Waals surface area (Å²) in [5, 5.41) is 0.980. The smallest absolute Gasteiger partial charge is 0.124 e. The van der Waals surface area contributed by atoms with E-state index in [0.717, 1.165) is 15.4 Å². The van der Waals surface area contributed by atoms with Crippen molar-refractivity contribution in [2.24, 2.45) is 0 Å². The Bertz CT molecular complexity index is 437. The molecule has 0 radical (unpaired) electrons. The van der Waals surface area contributed by atoms with Gasteiger partial charge >= 0.3 is 0 Å². The maximum atomic E-state index is 5.26. The van der Waals surface area contributed by atoms with Gasteiger partial charge in [-0.3, -0.25) is 0 Å². The molecule has 1 aromatic carbocycles. The fourth-order valence-corrected chi connectivity index (χ4v) is 1.79. The van der Waals surface area contributed by atoms with Gasteiger partial charge in [0.05, 0.1) is 11.1 Å². The Balaban J connectivity index is 2.43. The van der Waals surface area contributed by atoms with Crippen LogP contribution in [0.2, 0.25) is 0 Å². The lowest BCUT2D eigenvalue weighted by atomic mass is 10.2. The van der Waals surface area contributed by atoms with Gasteiger partial charge in [0.25, 0.3) is 0 Å². The predicted octanol–water partition coefficient (Wildman–Crippen LogP) is 2.79. The van der Waals surface area contributed by atoms with E-state index in [2.05, 4.69) is 10.9 Å². The summed E-state index contributed by atoms with van der Waals surface area (Å²) in [5.41, 5.74) is 1.12. The average molecular weight is 185 g/mol. The molecule has 2 rings (SSSR count). The molecule has 0 unspecified atom stereocenters. The van der Waals surface area contributed by atoms with Crippen LogP contribution in [0.3, 0.4) is 0 Å². The highest BCUT2D eigenvalue weighted by Crippen LogP contribution is 2.23. The Morgan fingerprint density at radius 1 is 1.23 bits per heavy atom. The lowest BCUT2D eigenvalue weighted by Crippen LogP contribution is -1.71. The van der Waals surface area contributed by atoms with Crippen molar-refractivity contribution in [3.05, 3.63) is 41.4 Å². The van der Waals surface area contributed by atoms with Gasteiger partial charge < -0.3 is 0 Å².